The van der Waals surface area contributed by atoms with Gasteiger partial charge in [0.25, 0.3) is 0 Å². The van der Waals surface area contributed by atoms with E-state index in [0.29, 0.717) is 5.92 Å². The van der Waals surface area contributed by atoms with Crippen LogP contribution in [0.4, 0.5) is 0 Å². The van der Waals surface area contributed by atoms with E-state index in [1.807, 2.05) is 29.0 Å². The van der Waals surface area contributed by atoms with Crippen LogP contribution in [0.15, 0.2) is 41.1 Å². The lowest BCUT2D eigenvalue weighted by atomic mass is 9.96. The van der Waals surface area contributed by atoms with Gasteiger partial charge in [-0.25, -0.2) is 0 Å². The first kappa shape index (κ1) is 12.1. The summed E-state index contributed by atoms with van der Waals surface area (Å²) in [5, 5.41) is 3.83. The Labute approximate surface area is 106 Å². The molecular weight excluding hydrogens is 228 g/mol. The second-order valence-electron chi connectivity index (χ2n) is 4.27. The molecule has 0 aliphatic heterocycles. The summed E-state index contributed by atoms with van der Waals surface area (Å²) in [7, 11) is 0. The molecule has 0 aliphatic carbocycles. The molecule has 1 heterocycles. The van der Waals surface area contributed by atoms with Crippen LogP contribution in [0.1, 0.15) is 47.7 Å². The molecule has 0 saturated heterocycles. The van der Waals surface area contributed by atoms with E-state index < -0.39 is 0 Å². The SMILES string of the molecule is CCC(C)c1ccc(C(=O)c2ccsc2)cc1. The van der Waals surface area contributed by atoms with Gasteiger partial charge < -0.3 is 0 Å². The van der Waals surface area contributed by atoms with Crippen molar-refractivity contribution in [2.45, 2.75) is 26.2 Å². The first-order valence-electron chi connectivity index (χ1n) is 5.89. The maximum absolute atomic E-state index is 12.1. The fraction of sp³-hybridized carbons (Fsp3) is 0.267. The third kappa shape index (κ3) is 2.64. The first-order valence-corrected chi connectivity index (χ1v) is 6.83. The maximum atomic E-state index is 12.1. The van der Waals surface area contributed by atoms with Crippen LogP contribution in [0.2, 0.25) is 0 Å². The molecule has 0 fully saturated rings. The van der Waals surface area contributed by atoms with Crippen LogP contribution in [0, 0.1) is 0 Å². The normalized spacial score (nSPS) is 12.4. The van der Waals surface area contributed by atoms with Crippen molar-refractivity contribution >= 4 is 17.1 Å². The molecule has 88 valence electrons. The topological polar surface area (TPSA) is 17.1 Å². The van der Waals surface area contributed by atoms with Gasteiger partial charge in [0.15, 0.2) is 5.78 Å². The zero-order chi connectivity index (χ0) is 12.3. The standard InChI is InChI=1S/C15H16OS/c1-3-11(2)12-4-6-13(7-5-12)15(16)14-8-9-17-10-14/h4-11H,3H2,1-2H3. The fourth-order valence-electron chi connectivity index (χ4n) is 1.76. The average Bonchev–Trinajstić information content (AvgIpc) is 2.91. The average molecular weight is 244 g/mol. The van der Waals surface area contributed by atoms with E-state index in [2.05, 4.69) is 26.0 Å². The number of carbonyl (C=O) groups is 1. The lowest BCUT2D eigenvalue weighted by Crippen LogP contribution is -2.00. The van der Waals surface area contributed by atoms with Crippen molar-refractivity contribution in [1.29, 1.82) is 0 Å². The van der Waals surface area contributed by atoms with Crippen LogP contribution in [0.5, 0.6) is 0 Å². The van der Waals surface area contributed by atoms with E-state index >= 15 is 0 Å². The number of ketones is 1. The van der Waals surface area contributed by atoms with Gasteiger partial charge in [-0.1, -0.05) is 38.1 Å². The minimum atomic E-state index is 0.113. The number of hydrogen-bond acceptors (Lipinski definition) is 2. The molecule has 0 spiro atoms. The Morgan fingerprint density at radius 1 is 1.18 bits per heavy atom. The third-order valence-electron chi connectivity index (χ3n) is 3.14. The summed E-state index contributed by atoms with van der Waals surface area (Å²) in [5.41, 5.74) is 2.86. The number of hydrogen-bond donors (Lipinski definition) is 0. The van der Waals surface area contributed by atoms with E-state index in [9.17, 15) is 4.79 Å². The zero-order valence-corrected chi connectivity index (χ0v) is 11.0. The second-order valence-corrected chi connectivity index (χ2v) is 5.05. The van der Waals surface area contributed by atoms with Gasteiger partial charge >= 0.3 is 0 Å². The summed E-state index contributed by atoms with van der Waals surface area (Å²) >= 11 is 1.55. The van der Waals surface area contributed by atoms with Crippen LogP contribution in [-0.4, -0.2) is 5.78 Å². The van der Waals surface area contributed by atoms with Crippen molar-refractivity contribution in [2.24, 2.45) is 0 Å². The summed E-state index contributed by atoms with van der Waals surface area (Å²) in [5.74, 6) is 0.669. The highest BCUT2D eigenvalue weighted by Gasteiger charge is 2.10. The molecule has 17 heavy (non-hydrogen) atoms. The minimum absolute atomic E-state index is 0.113. The van der Waals surface area contributed by atoms with Gasteiger partial charge in [-0.05, 0) is 29.3 Å². The van der Waals surface area contributed by atoms with Crippen LogP contribution in [-0.2, 0) is 0 Å². The molecule has 1 unspecified atom stereocenters. The molecule has 1 nitrogen and oxygen atoms in total. The van der Waals surface area contributed by atoms with E-state index in [4.69, 9.17) is 0 Å². The number of rotatable bonds is 4. The Morgan fingerprint density at radius 2 is 1.88 bits per heavy atom. The minimum Gasteiger partial charge on any atom is -0.289 e. The molecule has 2 heteroatoms. The number of thiophene rings is 1. The quantitative estimate of drug-likeness (QED) is 0.724. The van der Waals surface area contributed by atoms with Crippen molar-refractivity contribution in [3.05, 3.63) is 57.8 Å². The Balaban J connectivity index is 2.21. The zero-order valence-electron chi connectivity index (χ0n) is 10.1. The molecule has 0 radical (unpaired) electrons. The highest BCUT2D eigenvalue weighted by atomic mass is 32.1. The van der Waals surface area contributed by atoms with Gasteiger partial charge in [-0.3, -0.25) is 4.79 Å². The highest BCUT2D eigenvalue weighted by molar-refractivity contribution is 7.08. The maximum Gasteiger partial charge on any atom is 0.193 e. The number of benzene rings is 1. The highest BCUT2D eigenvalue weighted by Crippen LogP contribution is 2.20. The molecule has 0 aliphatic rings. The molecule has 0 N–H and O–H groups in total. The monoisotopic (exact) mass is 244 g/mol. The van der Waals surface area contributed by atoms with Crippen LogP contribution < -0.4 is 0 Å². The van der Waals surface area contributed by atoms with Crippen molar-refractivity contribution in [2.75, 3.05) is 0 Å². The van der Waals surface area contributed by atoms with E-state index in [0.717, 1.165) is 17.5 Å². The van der Waals surface area contributed by atoms with Crippen LogP contribution in [0.25, 0.3) is 0 Å². The molecule has 0 saturated carbocycles. The Bertz CT molecular complexity index is 482. The van der Waals surface area contributed by atoms with Gasteiger partial charge in [-0.2, -0.15) is 11.3 Å². The summed E-state index contributed by atoms with van der Waals surface area (Å²) in [4.78, 5) is 12.1. The number of carbonyl (C=O) groups excluding carboxylic acids is 1. The lowest BCUT2D eigenvalue weighted by molar-refractivity contribution is 0.103. The lowest BCUT2D eigenvalue weighted by Gasteiger charge is -2.09. The fourth-order valence-corrected chi connectivity index (χ4v) is 2.40. The first-order chi connectivity index (χ1) is 8.22. The Hall–Kier alpha value is -1.41. The predicted molar refractivity (Wildman–Crippen MR) is 72.9 cm³/mol. The van der Waals surface area contributed by atoms with Crippen LogP contribution in [0.3, 0.4) is 0 Å². The molecule has 0 amide bonds. The molecule has 1 aromatic heterocycles. The summed E-state index contributed by atoms with van der Waals surface area (Å²) in [6, 6.07) is 9.86. The van der Waals surface area contributed by atoms with Crippen LogP contribution >= 0.6 is 11.3 Å². The van der Waals surface area contributed by atoms with Gasteiger partial charge in [0.2, 0.25) is 0 Å². The molecule has 2 aromatic rings. The smallest absolute Gasteiger partial charge is 0.193 e. The molecule has 1 aromatic carbocycles. The van der Waals surface area contributed by atoms with Crippen molar-refractivity contribution in [3.63, 3.8) is 0 Å². The van der Waals surface area contributed by atoms with Gasteiger partial charge in [-0.15, -0.1) is 0 Å². The van der Waals surface area contributed by atoms with Gasteiger partial charge in [0.1, 0.15) is 0 Å². The van der Waals surface area contributed by atoms with E-state index in [-0.39, 0.29) is 5.78 Å². The van der Waals surface area contributed by atoms with E-state index in [1.54, 1.807) is 11.3 Å². The Kier molecular flexibility index (Phi) is 3.75. The summed E-state index contributed by atoms with van der Waals surface area (Å²) in [6.45, 7) is 4.38. The predicted octanol–water partition coefficient (Wildman–Crippen LogP) is 4.49. The molecule has 1 atom stereocenters. The van der Waals surface area contributed by atoms with Crippen molar-refractivity contribution in [3.8, 4) is 0 Å². The van der Waals surface area contributed by atoms with E-state index in [1.165, 1.54) is 5.56 Å². The van der Waals surface area contributed by atoms with Crippen molar-refractivity contribution in [1.82, 2.24) is 0 Å². The second kappa shape index (κ2) is 5.28. The molecule has 0 bridgehead atoms. The largest absolute Gasteiger partial charge is 0.289 e. The summed E-state index contributed by atoms with van der Waals surface area (Å²) < 4.78 is 0. The van der Waals surface area contributed by atoms with Crippen molar-refractivity contribution < 1.29 is 4.79 Å². The summed E-state index contributed by atoms with van der Waals surface area (Å²) in [6.07, 6.45) is 1.12. The Morgan fingerprint density at radius 3 is 2.41 bits per heavy atom. The molecular formula is C15H16OS. The van der Waals surface area contributed by atoms with Gasteiger partial charge in [0, 0.05) is 16.5 Å². The van der Waals surface area contributed by atoms with Gasteiger partial charge in [0.05, 0.1) is 0 Å². The molecule has 2 rings (SSSR count). The third-order valence-corrected chi connectivity index (χ3v) is 3.82.